The van der Waals surface area contributed by atoms with Gasteiger partial charge in [0.15, 0.2) is 0 Å². The molecule has 0 aliphatic carbocycles. The van der Waals surface area contributed by atoms with Gasteiger partial charge in [-0.15, -0.1) is 0 Å². The van der Waals surface area contributed by atoms with Crippen molar-refractivity contribution in [2.75, 3.05) is 12.4 Å². The van der Waals surface area contributed by atoms with Crippen LogP contribution in [-0.2, 0) is 4.74 Å². The molecule has 6 nitrogen and oxygen atoms in total. The number of hydrogen-bond donors (Lipinski definition) is 1. The molecule has 0 atom stereocenters. The van der Waals surface area contributed by atoms with Gasteiger partial charge in [0.05, 0.1) is 23.7 Å². The number of rotatable bonds is 4. The third kappa shape index (κ3) is 3.43. The van der Waals surface area contributed by atoms with Crippen LogP contribution in [0.5, 0.6) is 0 Å². The highest BCUT2D eigenvalue weighted by molar-refractivity contribution is 6.07. The number of ether oxygens (including phenoxy) is 1. The lowest BCUT2D eigenvalue weighted by Crippen LogP contribution is -2.14. The van der Waals surface area contributed by atoms with Crippen molar-refractivity contribution in [3.8, 4) is 5.69 Å². The molecule has 0 radical (unpaired) electrons. The number of hydrogen-bond acceptors (Lipinski definition) is 4. The smallest absolute Gasteiger partial charge is 0.338 e. The molecule has 4 rings (SSSR count). The number of benzene rings is 3. The minimum absolute atomic E-state index is 0.270. The third-order valence-electron chi connectivity index (χ3n) is 5.09. The molecular formula is C24H21N3O3. The summed E-state index contributed by atoms with van der Waals surface area (Å²) in [6, 6.07) is 20.6. The molecular weight excluding hydrogens is 378 g/mol. The average Bonchev–Trinajstić information content (AvgIpc) is 3.10. The molecule has 1 heterocycles. The summed E-state index contributed by atoms with van der Waals surface area (Å²) in [6.45, 7) is 3.71. The quantitative estimate of drug-likeness (QED) is 0.506. The summed E-state index contributed by atoms with van der Waals surface area (Å²) in [6.07, 6.45) is 0. The van der Waals surface area contributed by atoms with Crippen LogP contribution in [0.3, 0.4) is 0 Å². The number of carbonyl (C=O) groups is 2. The highest BCUT2D eigenvalue weighted by Crippen LogP contribution is 2.24. The summed E-state index contributed by atoms with van der Waals surface area (Å²) in [5.74, 6) is 0.135. The van der Waals surface area contributed by atoms with E-state index in [1.54, 1.807) is 37.3 Å². The van der Waals surface area contributed by atoms with Gasteiger partial charge in [0.25, 0.3) is 5.91 Å². The molecule has 1 aromatic heterocycles. The topological polar surface area (TPSA) is 73.2 Å². The van der Waals surface area contributed by atoms with E-state index in [-0.39, 0.29) is 5.91 Å². The number of esters is 1. The van der Waals surface area contributed by atoms with Crippen LogP contribution < -0.4 is 5.32 Å². The van der Waals surface area contributed by atoms with Gasteiger partial charge in [-0.2, -0.15) is 0 Å². The maximum atomic E-state index is 12.9. The predicted octanol–water partition coefficient (Wildman–Crippen LogP) is 4.68. The maximum Gasteiger partial charge on any atom is 0.338 e. The summed E-state index contributed by atoms with van der Waals surface area (Å²) in [4.78, 5) is 29.4. The van der Waals surface area contributed by atoms with E-state index in [4.69, 9.17) is 4.74 Å². The molecule has 0 saturated carbocycles. The van der Waals surface area contributed by atoms with Crippen LogP contribution in [0.4, 0.5) is 5.69 Å². The van der Waals surface area contributed by atoms with Crippen LogP contribution in [0.15, 0.2) is 66.7 Å². The molecule has 30 heavy (non-hydrogen) atoms. The van der Waals surface area contributed by atoms with Gasteiger partial charge in [-0.1, -0.05) is 24.3 Å². The highest BCUT2D eigenvalue weighted by Gasteiger charge is 2.16. The van der Waals surface area contributed by atoms with Crippen molar-refractivity contribution in [1.82, 2.24) is 9.55 Å². The number of methoxy groups -OCH3 is 1. The van der Waals surface area contributed by atoms with E-state index >= 15 is 0 Å². The second kappa shape index (κ2) is 7.83. The van der Waals surface area contributed by atoms with Gasteiger partial charge in [-0.3, -0.25) is 9.36 Å². The van der Waals surface area contributed by atoms with E-state index in [1.807, 2.05) is 43.3 Å². The summed E-state index contributed by atoms with van der Waals surface area (Å²) in [7, 11) is 1.33. The Morgan fingerprint density at radius 1 is 0.967 bits per heavy atom. The van der Waals surface area contributed by atoms with Crippen LogP contribution in [0.1, 0.15) is 32.1 Å². The lowest BCUT2D eigenvalue weighted by molar-refractivity contribution is 0.0599. The van der Waals surface area contributed by atoms with Crippen LogP contribution in [-0.4, -0.2) is 28.5 Å². The maximum absolute atomic E-state index is 12.9. The number of aromatic nitrogens is 2. The molecule has 1 amide bonds. The van der Waals surface area contributed by atoms with E-state index < -0.39 is 5.97 Å². The Bertz CT molecular complexity index is 1260. The van der Waals surface area contributed by atoms with E-state index in [0.717, 1.165) is 22.5 Å². The number of fused-ring (bicyclic) bond motifs is 1. The van der Waals surface area contributed by atoms with Crippen LogP contribution in [0.2, 0.25) is 0 Å². The summed E-state index contributed by atoms with van der Waals surface area (Å²) in [5, 5.41) is 2.88. The zero-order chi connectivity index (χ0) is 21.3. The largest absolute Gasteiger partial charge is 0.465 e. The second-order valence-corrected chi connectivity index (χ2v) is 6.96. The summed E-state index contributed by atoms with van der Waals surface area (Å²) >= 11 is 0. The van der Waals surface area contributed by atoms with Crippen molar-refractivity contribution >= 4 is 28.6 Å². The fourth-order valence-corrected chi connectivity index (χ4v) is 3.54. The van der Waals surface area contributed by atoms with Gasteiger partial charge in [-0.25, -0.2) is 9.78 Å². The Labute approximate surface area is 174 Å². The lowest BCUT2D eigenvalue weighted by atomic mass is 10.1. The van der Waals surface area contributed by atoms with Crippen molar-refractivity contribution in [2.24, 2.45) is 0 Å². The molecule has 0 bridgehead atoms. The SMILES string of the molecule is COC(=O)c1cccc(NC(=O)c2ccc3c(c2)nc(C)n3-c2ccccc2)c1C. The number of nitrogens with one attached hydrogen (secondary N) is 1. The van der Waals surface area contributed by atoms with Crippen molar-refractivity contribution in [1.29, 1.82) is 0 Å². The van der Waals surface area contributed by atoms with Crippen molar-refractivity contribution < 1.29 is 14.3 Å². The number of aryl methyl sites for hydroxylation is 1. The van der Waals surface area contributed by atoms with Crippen LogP contribution >= 0.6 is 0 Å². The number of amides is 1. The first-order valence-electron chi connectivity index (χ1n) is 9.53. The Balaban J connectivity index is 1.66. The van der Waals surface area contributed by atoms with Crippen molar-refractivity contribution in [3.63, 3.8) is 0 Å². The summed E-state index contributed by atoms with van der Waals surface area (Å²) in [5.41, 5.74) is 4.82. The number of carbonyl (C=O) groups excluding carboxylic acids is 2. The highest BCUT2D eigenvalue weighted by atomic mass is 16.5. The van der Waals surface area contributed by atoms with Crippen molar-refractivity contribution in [3.05, 3.63) is 89.2 Å². The van der Waals surface area contributed by atoms with E-state index in [1.165, 1.54) is 7.11 Å². The number of imidazole rings is 1. The first-order valence-corrected chi connectivity index (χ1v) is 9.53. The Kier molecular flexibility index (Phi) is 5.06. The van der Waals surface area contributed by atoms with Crippen molar-refractivity contribution in [2.45, 2.75) is 13.8 Å². The molecule has 0 aliphatic heterocycles. The lowest BCUT2D eigenvalue weighted by Gasteiger charge is -2.11. The Morgan fingerprint density at radius 3 is 2.47 bits per heavy atom. The third-order valence-corrected chi connectivity index (χ3v) is 5.09. The van der Waals surface area contributed by atoms with Crippen LogP contribution in [0.25, 0.3) is 16.7 Å². The number of para-hydroxylation sites is 1. The fourth-order valence-electron chi connectivity index (χ4n) is 3.54. The number of anilines is 1. The number of nitrogens with zero attached hydrogens (tertiary/aromatic N) is 2. The van der Waals surface area contributed by atoms with Gasteiger partial charge in [-0.05, 0) is 61.9 Å². The zero-order valence-electron chi connectivity index (χ0n) is 17.0. The zero-order valence-corrected chi connectivity index (χ0v) is 17.0. The molecule has 0 saturated heterocycles. The van der Waals surface area contributed by atoms with Gasteiger partial charge in [0, 0.05) is 16.9 Å². The van der Waals surface area contributed by atoms with Crippen LogP contribution in [0, 0.1) is 13.8 Å². The molecule has 3 aromatic carbocycles. The minimum Gasteiger partial charge on any atom is -0.465 e. The second-order valence-electron chi connectivity index (χ2n) is 6.96. The summed E-state index contributed by atoms with van der Waals surface area (Å²) < 4.78 is 6.85. The normalized spacial score (nSPS) is 10.8. The average molecular weight is 399 g/mol. The molecule has 4 aromatic rings. The van der Waals surface area contributed by atoms with E-state index in [0.29, 0.717) is 22.4 Å². The molecule has 0 aliphatic rings. The van der Waals surface area contributed by atoms with E-state index in [2.05, 4.69) is 14.9 Å². The molecule has 0 fully saturated rings. The van der Waals surface area contributed by atoms with Gasteiger partial charge < -0.3 is 10.1 Å². The monoisotopic (exact) mass is 399 g/mol. The van der Waals surface area contributed by atoms with Gasteiger partial charge >= 0.3 is 5.97 Å². The predicted molar refractivity (Wildman–Crippen MR) is 116 cm³/mol. The first kappa shape index (κ1) is 19.4. The standard InChI is InChI=1S/C24H21N3O3/c1-15-19(24(29)30-3)10-7-11-20(15)26-23(28)17-12-13-22-21(14-17)25-16(2)27(22)18-8-5-4-6-9-18/h4-14H,1-3H3,(H,26,28). The van der Waals surface area contributed by atoms with E-state index in [9.17, 15) is 9.59 Å². The van der Waals surface area contributed by atoms with Gasteiger partial charge in [0.1, 0.15) is 5.82 Å². The molecule has 0 spiro atoms. The Morgan fingerprint density at radius 2 is 1.73 bits per heavy atom. The fraction of sp³-hybridized carbons (Fsp3) is 0.125. The first-order chi connectivity index (χ1) is 14.5. The Hall–Kier alpha value is -3.93. The molecule has 6 heteroatoms. The molecule has 150 valence electrons. The molecule has 1 N–H and O–H groups in total. The van der Waals surface area contributed by atoms with Gasteiger partial charge in [0.2, 0.25) is 0 Å². The molecule has 0 unspecified atom stereocenters. The minimum atomic E-state index is -0.438.